The van der Waals surface area contributed by atoms with E-state index in [2.05, 4.69) is 4.74 Å². The molecule has 1 aromatic rings. The van der Waals surface area contributed by atoms with E-state index in [0.717, 1.165) is 6.42 Å². The van der Waals surface area contributed by atoms with Gasteiger partial charge in [-0.15, -0.1) is 13.2 Å². The van der Waals surface area contributed by atoms with Crippen LogP contribution in [0.1, 0.15) is 18.4 Å². The molecule has 2 rings (SSSR count). The SMILES string of the molecule is O=C(CCc1ccccc1OC(F)(F)F)N1CCC(CO)C1. The number of likely N-dealkylation sites (tertiary alicyclic amines) is 1. The Morgan fingerprint density at radius 1 is 1.36 bits per heavy atom. The van der Waals surface area contributed by atoms with Crippen LogP contribution in [-0.2, 0) is 11.2 Å². The van der Waals surface area contributed by atoms with Gasteiger partial charge in [0.1, 0.15) is 5.75 Å². The molecular formula is C15H18F3NO3. The number of nitrogens with zero attached hydrogens (tertiary/aromatic N) is 1. The number of aryl methyl sites for hydroxylation is 1. The van der Waals surface area contributed by atoms with Crippen LogP contribution in [0.4, 0.5) is 13.2 Å². The predicted octanol–water partition coefficient (Wildman–Crippen LogP) is 2.36. The lowest BCUT2D eigenvalue weighted by Gasteiger charge is -2.17. The Hall–Kier alpha value is -1.76. The summed E-state index contributed by atoms with van der Waals surface area (Å²) in [5.74, 6) is -0.278. The Morgan fingerprint density at radius 3 is 2.73 bits per heavy atom. The molecular weight excluding hydrogens is 299 g/mol. The molecule has 0 spiro atoms. The maximum Gasteiger partial charge on any atom is 0.573 e. The number of para-hydroxylation sites is 1. The standard InChI is InChI=1S/C15H18F3NO3/c16-15(17,18)22-13-4-2-1-3-12(13)5-6-14(21)19-8-7-11(9-19)10-20/h1-4,11,20H,5-10H2. The first-order chi connectivity index (χ1) is 10.4. The largest absolute Gasteiger partial charge is 0.573 e. The lowest BCUT2D eigenvalue weighted by Crippen LogP contribution is -2.29. The molecule has 1 N–H and O–H groups in total. The van der Waals surface area contributed by atoms with E-state index in [-0.39, 0.29) is 37.0 Å². The molecule has 1 aromatic carbocycles. The van der Waals surface area contributed by atoms with Crippen molar-refractivity contribution in [2.24, 2.45) is 5.92 Å². The fourth-order valence-corrected chi connectivity index (χ4v) is 2.54. The molecule has 0 radical (unpaired) electrons. The molecule has 0 saturated carbocycles. The molecule has 1 heterocycles. The number of rotatable bonds is 5. The number of hydrogen-bond acceptors (Lipinski definition) is 3. The van der Waals surface area contributed by atoms with Crippen molar-refractivity contribution >= 4 is 5.91 Å². The van der Waals surface area contributed by atoms with E-state index in [1.54, 1.807) is 11.0 Å². The summed E-state index contributed by atoms with van der Waals surface area (Å²) in [7, 11) is 0. The molecule has 1 atom stereocenters. The number of carbonyl (C=O) groups is 1. The molecule has 7 heteroatoms. The quantitative estimate of drug-likeness (QED) is 0.907. The summed E-state index contributed by atoms with van der Waals surface area (Å²) in [6.07, 6.45) is -3.68. The van der Waals surface area contributed by atoms with Gasteiger partial charge in [0.15, 0.2) is 0 Å². The molecule has 0 aliphatic carbocycles. The van der Waals surface area contributed by atoms with Crippen LogP contribution in [0.15, 0.2) is 24.3 Å². The van der Waals surface area contributed by atoms with Gasteiger partial charge in [-0.1, -0.05) is 18.2 Å². The molecule has 1 amide bonds. The second kappa shape index (κ2) is 7.00. The van der Waals surface area contributed by atoms with Crippen molar-refractivity contribution in [1.29, 1.82) is 0 Å². The van der Waals surface area contributed by atoms with Gasteiger partial charge in [0.2, 0.25) is 5.91 Å². The maximum atomic E-state index is 12.3. The molecule has 1 unspecified atom stereocenters. The van der Waals surface area contributed by atoms with E-state index in [4.69, 9.17) is 5.11 Å². The number of aliphatic hydroxyl groups excluding tert-OH is 1. The first-order valence-electron chi connectivity index (χ1n) is 7.11. The van der Waals surface area contributed by atoms with E-state index >= 15 is 0 Å². The molecule has 0 aromatic heterocycles. The smallest absolute Gasteiger partial charge is 0.406 e. The number of hydrogen-bond donors (Lipinski definition) is 1. The van der Waals surface area contributed by atoms with Gasteiger partial charge in [-0.3, -0.25) is 4.79 Å². The monoisotopic (exact) mass is 317 g/mol. The summed E-state index contributed by atoms with van der Waals surface area (Å²) >= 11 is 0. The van der Waals surface area contributed by atoms with Crippen molar-refractivity contribution in [3.63, 3.8) is 0 Å². The van der Waals surface area contributed by atoms with Crippen molar-refractivity contribution in [3.05, 3.63) is 29.8 Å². The second-order valence-electron chi connectivity index (χ2n) is 5.33. The lowest BCUT2D eigenvalue weighted by atomic mass is 10.1. The highest BCUT2D eigenvalue weighted by atomic mass is 19.4. The van der Waals surface area contributed by atoms with Gasteiger partial charge < -0.3 is 14.7 Å². The summed E-state index contributed by atoms with van der Waals surface area (Å²) < 4.78 is 40.9. The Morgan fingerprint density at radius 2 is 2.09 bits per heavy atom. The van der Waals surface area contributed by atoms with Crippen LogP contribution in [0, 0.1) is 5.92 Å². The second-order valence-corrected chi connectivity index (χ2v) is 5.33. The third-order valence-electron chi connectivity index (χ3n) is 3.70. The molecule has 0 bridgehead atoms. The van der Waals surface area contributed by atoms with Crippen LogP contribution in [0.25, 0.3) is 0 Å². The Bertz CT molecular complexity index is 519. The van der Waals surface area contributed by atoms with Gasteiger partial charge >= 0.3 is 6.36 Å². The number of halogens is 3. The van der Waals surface area contributed by atoms with Gasteiger partial charge in [0.25, 0.3) is 0 Å². The Labute approximate surface area is 126 Å². The van der Waals surface area contributed by atoms with Gasteiger partial charge in [0.05, 0.1) is 0 Å². The zero-order valence-electron chi connectivity index (χ0n) is 12.0. The van der Waals surface area contributed by atoms with Gasteiger partial charge in [-0.05, 0) is 24.5 Å². The third-order valence-corrected chi connectivity index (χ3v) is 3.70. The average molecular weight is 317 g/mol. The maximum absolute atomic E-state index is 12.3. The summed E-state index contributed by atoms with van der Waals surface area (Å²) in [4.78, 5) is 13.7. The van der Waals surface area contributed by atoms with Crippen LogP contribution in [0.5, 0.6) is 5.75 Å². The van der Waals surface area contributed by atoms with Gasteiger partial charge in [0, 0.05) is 32.0 Å². The lowest BCUT2D eigenvalue weighted by molar-refractivity contribution is -0.274. The zero-order valence-corrected chi connectivity index (χ0v) is 12.0. The van der Waals surface area contributed by atoms with Crippen LogP contribution >= 0.6 is 0 Å². The van der Waals surface area contributed by atoms with Crippen molar-refractivity contribution in [2.75, 3.05) is 19.7 Å². The summed E-state index contributed by atoms with van der Waals surface area (Å²) in [6, 6.07) is 5.83. The van der Waals surface area contributed by atoms with Crippen molar-refractivity contribution < 1.29 is 27.8 Å². The molecule has 1 aliphatic rings. The topological polar surface area (TPSA) is 49.8 Å². The number of aliphatic hydroxyl groups is 1. The molecule has 4 nitrogen and oxygen atoms in total. The van der Waals surface area contributed by atoms with Crippen LogP contribution < -0.4 is 4.74 Å². The average Bonchev–Trinajstić information content (AvgIpc) is 2.93. The van der Waals surface area contributed by atoms with Crippen molar-refractivity contribution in [3.8, 4) is 5.75 Å². The minimum absolute atomic E-state index is 0.0477. The van der Waals surface area contributed by atoms with Gasteiger partial charge in [-0.25, -0.2) is 0 Å². The van der Waals surface area contributed by atoms with Crippen LogP contribution in [-0.4, -0.2) is 42.0 Å². The highest BCUT2D eigenvalue weighted by molar-refractivity contribution is 5.76. The highest BCUT2D eigenvalue weighted by Gasteiger charge is 2.32. The van der Waals surface area contributed by atoms with Crippen LogP contribution in [0.2, 0.25) is 0 Å². The van der Waals surface area contributed by atoms with E-state index in [1.807, 2.05) is 0 Å². The van der Waals surface area contributed by atoms with E-state index in [1.165, 1.54) is 18.2 Å². The minimum atomic E-state index is -4.75. The number of benzene rings is 1. The van der Waals surface area contributed by atoms with Crippen molar-refractivity contribution in [2.45, 2.75) is 25.6 Å². The van der Waals surface area contributed by atoms with Crippen LogP contribution in [0.3, 0.4) is 0 Å². The summed E-state index contributed by atoms with van der Waals surface area (Å²) in [5.41, 5.74) is 0.353. The highest BCUT2D eigenvalue weighted by Crippen LogP contribution is 2.27. The number of ether oxygens (including phenoxy) is 1. The summed E-state index contributed by atoms with van der Waals surface area (Å²) in [6.45, 7) is 1.15. The first-order valence-corrected chi connectivity index (χ1v) is 7.11. The fourth-order valence-electron chi connectivity index (χ4n) is 2.54. The first kappa shape index (κ1) is 16.6. The molecule has 1 saturated heterocycles. The summed E-state index contributed by atoms with van der Waals surface area (Å²) in [5, 5.41) is 9.06. The normalized spacial score (nSPS) is 18.5. The molecule has 22 heavy (non-hydrogen) atoms. The molecule has 1 aliphatic heterocycles. The Kier molecular flexibility index (Phi) is 5.28. The number of carbonyl (C=O) groups excluding carboxylic acids is 1. The zero-order chi connectivity index (χ0) is 16.2. The van der Waals surface area contributed by atoms with Crippen molar-refractivity contribution in [1.82, 2.24) is 4.90 Å². The van der Waals surface area contributed by atoms with E-state index < -0.39 is 6.36 Å². The predicted molar refractivity (Wildman–Crippen MR) is 73.2 cm³/mol. The van der Waals surface area contributed by atoms with E-state index in [0.29, 0.717) is 18.7 Å². The molecule has 122 valence electrons. The number of amides is 1. The fraction of sp³-hybridized carbons (Fsp3) is 0.533. The number of alkyl halides is 3. The molecule has 1 fully saturated rings. The van der Waals surface area contributed by atoms with Gasteiger partial charge in [-0.2, -0.15) is 0 Å². The van der Waals surface area contributed by atoms with E-state index in [9.17, 15) is 18.0 Å². The Balaban J connectivity index is 1.93. The third kappa shape index (κ3) is 4.62. The minimum Gasteiger partial charge on any atom is -0.406 e.